The van der Waals surface area contributed by atoms with Crippen LogP contribution in [0.3, 0.4) is 0 Å². The highest BCUT2D eigenvalue weighted by Gasteiger charge is 2.23. The molecule has 0 aliphatic heterocycles. The number of nitrogens with zero attached hydrogens (tertiary/aromatic N) is 1. The zero-order valence-corrected chi connectivity index (χ0v) is 13.7. The SMILES string of the molecule is COCCOCCOCCN(CCCBr)C1CCC1. The predicted molar refractivity (Wildman–Crippen MR) is 81.1 cm³/mol. The van der Waals surface area contributed by atoms with E-state index < -0.39 is 0 Å². The number of halogens is 1. The second-order valence-electron chi connectivity index (χ2n) is 4.88. The van der Waals surface area contributed by atoms with Crippen molar-refractivity contribution in [2.24, 2.45) is 0 Å². The summed E-state index contributed by atoms with van der Waals surface area (Å²) in [7, 11) is 1.68. The van der Waals surface area contributed by atoms with E-state index in [2.05, 4.69) is 20.8 Å². The highest BCUT2D eigenvalue weighted by atomic mass is 79.9. The largest absolute Gasteiger partial charge is 0.382 e. The molecule has 0 bridgehead atoms. The molecule has 0 radical (unpaired) electrons. The maximum Gasteiger partial charge on any atom is 0.0701 e. The van der Waals surface area contributed by atoms with E-state index in [-0.39, 0.29) is 0 Å². The highest BCUT2D eigenvalue weighted by molar-refractivity contribution is 9.09. The third-order valence-corrected chi connectivity index (χ3v) is 4.06. The van der Waals surface area contributed by atoms with Crippen molar-refractivity contribution in [3.63, 3.8) is 0 Å². The molecule has 1 fully saturated rings. The first kappa shape index (κ1) is 17.4. The van der Waals surface area contributed by atoms with Gasteiger partial charge in [-0.05, 0) is 25.8 Å². The number of alkyl halides is 1. The third-order valence-electron chi connectivity index (χ3n) is 3.50. The molecule has 0 N–H and O–H groups in total. The molecule has 0 aromatic carbocycles. The normalized spacial score (nSPS) is 15.9. The van der Waals surface area contributed by atoms with Crippen LogP contribution >= 0.6 is 15.9 Å². The Kier molecular flexibility index (Phi) is 11.1. The van der Waals surface area contributed by atoms with E-state index in [1.807, 2.05) is 0 Å². The minimum atomic E-state index is 0.652. The van der Waals surface area contributed by atoms with Crippen molar-refractivity contribution in [1.82, 2.24) is 4.90 Å². The van der Waals surface area contributed by atoms with Gasteiger partial charge in [-0.1, -0.05) is 22.4 Å². The van der Waals surface area contributed by atoms with E-state index in [1.165, 1.54) is 32.2 Å². The maximum atomic E-state index is 5.62. The molecule has 4 nitrogen and oxygen atoms in total. The molecule has 114 valence electrons. The molecule has 0 unspecified atom stereocenters. The van der Waals surface area contributed by atoms with Gasteiger partial charge in [0, 0.05) is 25.0 Å². The first-order chi connectivity index (χ1) is 9.38. The first-order valence-corrected chi connectivity index (χ1v) is 8.45. The van der Waals surface area contributed by atoms with Crippen LogP contribution in [0, 0.1) is 0 Å². The van der Waals surface area contributed by atoms with Gasteiger partial charge in [0.05, 0.1) is 33.0 Å². The minimum absolute atomic E-state index is 0.652. The van der Waals surface area contributed by atoms with Crippen LogP contribution in [0.2, 0.25) is 0 Å². The van der Waals surface area contributed by atoms with Gasteiger partial charge in [-0.25, -0.2) is 0 Å². The van der Waals surface area contributed by atoms with Crippen LogP contribution in [0.4, 0.5) is 0 Å². The van der Waals surface area contributed by atoms with E-state index in [1.54, 1.807) is 7.11 Å². The Labute approximate surface area is 125 Å². The van der Waals surface area contributed by atoms with Crippen LogP contribution in [0.5, 0.6) is 0 Å². The van der Waals surface area contributed by atoms with E-state index in [4.69, 9.17) is 14.2 Å². The molecule has 0 atom stereocenters. The summed E-state index contributed by atoms with van der Waals surface area (Å²) in [6, 6.07) is 0.806. The van der Waals surface area contributed by atoms with Crippen LogP contribution < -0.4 is 0 Å². The second-order valence-corrected chi connectivity index (χ2v) is 5.67. The van der Waals surface area contributed by atoms with Gasteiger partial charge in [0.25, 0.3) is 0 Å². The molecule has 1 aliphatic rings. The Morgan fingerprint density at radius 3 is 2.26 bits per heavy atom. The monoisotopic (exact) mass is 337 g/mol. The van der Waals surface area contributed by atoms with Gasteiger partial charge in [-0.15, -0.1) is 0 Å². The summed E-state index contributed by atoms with van der Waals surface area (Å²) in [6.45, 7) is 5.70. The van der Waals surface area contributed by atoms with E-state index in [0.29, 0.717) is 26.4 Å². The Morgan fingerprint density at radius 1 is 1.00 bits per heavy atom. The maximum absolute atomic E-state index is 5.62. The Morgan fingerprint density at radius 2 is 1.68 bits per heavy atom. The molecular weight excluding hydrogens is 310 g/mol. The average Bonchev–Trinajstić information content (AvgIpc) is 2.36. The Hall–Kier alpha value is 0.320. The quantitative estimate of drug-likeness (QED) is 0.381. The molecular formula is C14H28BrNO3. The molecule has 1 saturated carbocycles. The summed E-state index contributed by atoms with van der Waals surface area (Å²) in [4.78, 5) is 2.58. The first-order valence-electron chi connectivity index (χ1n) is 7.33. The van der Waals surface area contributed by atoms with Crippen LogP contribution in [0.1, 0.15) is 25.7 Å². The van der Waals surface area contributed by atoms with Crippen LogP contribution in [-0.4, -0.2) is 69.5 Å². The van der Waals surface area contributed by atoms with Crippen molar-refractivity contribution in [2.45, 2.75) is 31.7 Å². The van der Waals surface area contributed by atoms with Gasteiger partial charge in [-0.3, -0.25) is 4.90 Å². The molecule has 0 aromatic heterocycles. The minimum Gasteiger partial charge on any atom is -0.382 e. The van der Waals surface area contributed by atoms with E-state index >= 15 is 0 Å². The molecule has 0 aromatic rings. The Bertz CT molecular complexity index is 203. The molecule has 0 amide bonds. The lowest BCUT2D eigenvalue weighted by Gasteiger charge is -2.37. The lowest BCUT2D eigenvalue weighted by atomic mass is 9.91. The topological polar surface area (TPSA) is 30.9 Å². The summed E-state index contributed by atoms with van der Waals surface area (Å²) >= 11 is 3.51. The van der Waals surface area contributed by atoms with E-state index in [9.17, 15) is 0 Å². The third kappa shape index (κ3) is 8.25. The zero-order chi connectivity index (χ0) is 13.8. The predicted octanol–water partition coefficient (Wildman–Crippen LogP) is 2.31. The van der Waals surface area contributed by atoms with Gasteiger partial charge >= 0.3 is 0 Å². The number of methoxy groups -OCH3 is 1. The fraction of sp³-hybridized carbons (Fsp3) is 1.00. The summed E-state index contributed by atoms with van der Waals surface area (Å²) in [5.74, 6) is 0. The molecule has 0 spiro atoms. The second kappa shape index (κ2) is 12.1. The van der Waals surface area contributed by atoms with Gasteiger partial charge in [0.15, 0.2) is 0 Å². The van der Waals surface area contributed by atoms with Crippen LogP contribution in [0.15, 0.2) is 0 Å². The number of ether oxygens (including phenoxy) is 3. The molecule has 5 heteroatoms. The van der Waals surface area contributed by atoms with Gasteiger partial charge < -0.3 is 14.2 Å². The standard InChI is InChI=1S/C14H28BrNO3/c1-17-10-11-19-13-12-18-9-8-16(7-3-6-15)14-4-2-5-14/h14H,2-13H2,1H3. The summed E-state index contributed by atoms with van der Waals surface area (Å²) < 4.78 is 15.9. The lowest BCUT2D eigenvalue weighted by Crippen LogP contribution is -2.42. The fourth-order valence-corrected chi connectivity index (χ4v) is 2.39. The average molecular weight is 338 g/mol. The van der Waals surface area contributed by atoms with Crippen molar-refractivity contribution in [2.75, 3.05) is 58.6 Å². The smallest absolute Gasteiger partial charge is 0.0701 e. The Balaban J connectivity index is 1.95. The van der Waals surface area contributed by atoms with Crippen LogP contribution in [0.25, 0.3) is 0 Å². The molecule has 0 saturated heterocycles. The van der Waals surface area contributed by atoms with Crippen molar-refractivity contribution in [3.05, 3.63) is 0 Å². The molecule has 0 heterocycles. The number of hydrogen-bond acceptors (Lipinski definition) is 4. The van der Waals surface area contributed by atoms with Gasteiger partial charge in [0.1, 0.15) is 0 Å². The van der Waals surface area contributed by atoms with Crippen molar-refractivity contribution in [3.8, 4) is 0 Å². The summed E-state index contributed by atoms with van der Waals surface area (Å²) in [5, 5.41) is 1.09. The van der Waals surface area contributed by atoms with Gasteiger partial charge in [0.2, 0.25) is 0 Å². The fourth-order valence-electron chi connectivity index (χ4n) is 2.14. The lowest BCUT2D eigenvalue weighted by molar-refractivity contribution is 0.0124. The summed E-state index contributed by atoms with van der Waals surface area (Å²) in [6.07, 6.45) is 5.34. The molecule has 1 aliphatic carbocycles. The van der Waals surface area contributed by atoms with Crippen molar-refractivity contribution < 1.29 is 14.2 Å². The van der Waals surface area contributed by atoms with E-state index in [0.717, 1.165) is 24.5 Å². The highest BCUT2D eigenvalue weighted by Crippen LogP contribution is 2.24. The van der Waals surface area contributed by atoms with Crippen molar-refractivity contribution in [1.29, 1.82) is 0 Å². The van der Waals surface area contributed by atoms with Crippen molar-refractivity contribution >= 4 is 15.9 Å². The zero-order valence-electron chi connectivity index (χ0n) is 12.1. The summed E-state index contributed by atoms with van der Waals surface area (Å²) in [5.41, 5.74) is 0. The molecule has 1 rings (SSSR count). The van der Waals surface area contributed by atoms with Crippen LogP contribution in [-0.2, 0) is 14.2 Å². The number of rotatable bonds is 13. The van der Waals surface area contributed by atoms with Gasteiger partial charge in [-0.2, -0.15) is 0 Å². The molecule has 19 heavy (non-hydrogen) atoms. The number of hydrogen-bond donors (Lipinski definition) is 0.